The van der Waals surface area contributed by atoms with E-state index in [0.717, 1.165) is 11.8 Å². The molecule has 0 atom stereocenters. The smallest absolute Gasteiger partial charge is 0.223 e. The fourth-order valence-electron chi connectivity index (χ4n) is 2.54. The minimum atomic E-state index is -3.21. The molecule has 1 amide bonds. The minimum Gasteiger partial charge on any atom is -0.340 e. The number of amides is 1. The molecule has 2 rings (SSSR count). The first-order valence-electron chi connectivity index (χ1n) is 7.95. The Morgan fingerprint density at radius 1 is 1.16 bits per heavy atom. The summed E-state index contributed by atoms with van der Waals surface area (Å²) >= 11 is 5.88. The molecule has 0 spiro atoms. The van der Waals surface area contributed by atoms with Gasteiger partial charge in [0.05, 0.1) is 6.26 Å². The van der Waals surface area contributed by atoms with Crippen LogP contribution in [0.5, 0.6) is 0 Å². The van der Waals surface area contributed by atoms with Gasteiger partial charge in [-0.1, -0.05) is 29.8 Å². The first kappa shape index (κ1) is 19.6. The van der Waals surface area contributed by atoms with Gasteiger partial charge in [0.1, 0.15) is 0 Å². The van der Waals surface area contributed by atoms with Crippen LogP contribution in [-0.2, 0) is 19.6 Å². The molecule has 1 aromatic carbocycles. The number of halogens is 1. The molecule has 0 N–H and O–H groups in total. The van der Waals surface area contributed by atoms with Crippen LogP contribution in [0.1, 0.15) is 18.4 Å². The first-order valence-corrected chi connectivity index (χ1v) is 10.2. The minimum absolute atomic E-state index is 0.123. The molecule has 0 saturated carbocycles. The van der Waals surface area contributed by atoms with Crippen LogP contribution in [0, 0.1) is 0 Å². The number of hydrogen-bond acceptors (Lipinski definition) is 4. The summed E-state index contributed by atoms with van der Waals surface area (Å²) < 4.78 is 24.3. The molecule has 0 aromatic heterocycles. The van der Waals surface area contributed by atoms with Crippen molar-refractivity contribution in [3.05, 3.63) is 40.9 Å². The summed E-state index contributed by atoms with van der Waals surface area (Å²) in [6.07, 6.45) is 4.53. The number of piperazine rings is 1. The van der Waals surface area contributed by atoms with Gasteiger partial charge in [0, 0.05) is 44.0 Å². The van der Waals surface area contributed by atoms with Gasteiger partial charge in [-0.15, -0.1) is 0 Å². The van der Waals surface area contributed by atoms with Gasteiger partial charge in [-0.25, -0.2) is 8.42 Å². The SMILES string of the molecule is CS(=O)(=O)N1CCN(C(=O)CCC(=O)/C=C/c2cccc(Cl)c2)CC1. The van der Waals surface area contributed by atoms with Gasteiger partial charge >= 0.3 is 0 Å². The average Bonchev–Trinajstić information content (AvgIpc) is 2.57. The maximum atomic E-state index is 12.1. The zero-order valence-electron chi connectivity index (χ0n) is 14.0. The van der Waals surface area contributed by atoms with E-state index in [1.165, 1.54) is 10.4 Å². The summed E-state index contributed by atoms with van der Waals surface area (Å²) in [7, 11) is -3.21. The lowest BCUT2D eigenvalue weighted by molar-refractivity contribution is -0.133. The summed E-state index contributed by atoms with van der Waals surface area (Å²) in [5.41, 5.74) is 0.823. The van der Waals surface area contributed by atoms with E-state index >= 15 is 0 Å². The van der Waals surface area contributed by atoms with Gasteiger partial charge in [-0.3, -0.25) is 9.59 Å². The van der Waals surface area contributed by atoms with Crippen LogP contribution in [-0.4, -0.2) is 61.7 Å². The van der Waals surface area contributed by atoms with Gasteiger partial charge < -0.3 is 4.90 Å². The second kappa shape index (κ2) is 8.60. The molecule has 1 heterocycles. The Morgan fingerprint density at radius 3 is 2.44 bits per heavy atom. The van der Waals surface area contributed by atoms with Crippen molar-refractivity contribution in [3.63, 3.8) is 0 Å². The number of allylic oxidation sites excluding steroid dienone is 1. The number of benzene rings is 1. The van der Waals surface area contributed by atoms with Crippen LogP contribution in [0.2, 0.25) is 5.02 Å². The molecule has 1 aliphatic rings. The van der Waals surface area contributed by atoms with Gasteiger partial charge in [0.25, 0.3) is 0 Å². The average molecular weight is 385 g/mol. The molecule has 0 aliphatic carbocycles. The number of ketones is 1. The standard InChI is InChI=1S/C17H21ClN2O4S/c1-25(23,24)20-11-9-19(10-12-20)17(22)8-7-16(21)6-5-14-3-2-4-15(18)13-14/h2-6,13H,7-12H2,1H3/b6-5+. The molecule has 8 heteroatoms. The highest BCUT2D eigenvalue weighted by Gasteiger charge is 2.25. The lowest BCUT2D eigenvalue weighted by Crippen LogP contribution is -2.50. The van der Waals surface area contributed by atoms with Crippen molar-refractivity contribution in [3.8, 4) is 0 Å². The second-order valence-electron chi connectivity index (χ2n) is 5.90. The van der Waals surface area contributed by atoms with Crippen molar-refractivity contribution in [2.75, 3.05) is 32.4 Å². The van der Waals surface area contributed by atoms with E-state index in [0.29, 0.717) is 31.2 Å². The second-order valence-corrected chi connectivity index (χ2v) is 8.32. The molecule has 0 unspecified atom stereocenters. The maximum Gasteiger partial charge on any atom is 0.223 e. The van der Waals surface area contributed by atoms with Gasteiger partial charge in [-0.05, 0) is 23.8 Å². The Morgan fingerprint density at radius 2 is 1.84 bits per heavy atom. The summed E-state index contributed by atoms with van der Waals surface area (Å²) in [5.74, 6) is -0.263. The first-order chi connectivity index (χ1) is 11.8. The molecular formula is C17H21ClN2O4S. The predicted molar refractivity (Wildman–Crippen MR) is 97.7 cm³/mol. The summed E-state index contributed by atoms with van der Waals surface area (Å²) in [6, 6.07) is 7.13. The topological polar surface area (TPSA) is 74.8 Å². The summed E-state index contributed by atoms with van der Waals surface area (Å²) in [5, 5.41) is 0.595. The van der Waals surface area contributed by atoms with Gasteiger partial charge in [0.15, 0.2) is 5.78 Å². The lowest BCUT2D eigenvalue weighted by atomic mass is 10.1. The number of carbonyl (C=O) groups excluding carboxylic acids is 2. The summed E-state index contributed by atoms with van der Waals surface area (Å²) in [6.45, 7) is 1.32. The summed E-state index contributed by atoms with van der Waals surface area (Å²) in [4.78, 5) is 25.6. The fourth-order valence-corrected chi connectivity index (χ4v) is 3.57. The third kappa shape index (κ3) is 6.26. The Balaban J connectivity index is 1.77. The van der Waals surface area contributed by atoms with E-state index in [9.17, 15) is 18.0 Å². The van der Waals surface area contributed by atoms with Gasteiger partial charge in [-0.2, -0.15) is 4.31 Å². The molecule has 0 radical (unpaired) electrons. The Labute approximate surface area is 153 Å². The zero-order chi connectivity index (χ0) is 18.4. The zero-order valence-corrected chi connectivity index (χ0v) is 15.6. The van der Waals surface area contributed by atoms with E-state index in [-0.39, 0.29) is 24.5 Å². The Kier molecular flexibility index (Phi) is 6.75. The quantitative estimate of drug-likeness (QED) is 0.701. The highest BCUT2D eigenvalue weighted by molar-refractivity contribution is 7.88. The Hall–Kier alpha value is -1.70. The number of nitrogens with zero attached hydrogens (tertiary/aromatic N) is 2. The van der Waals surface area contributed by atoms with Crippen LogP contribution in [0.25, 0.3) is 6.08 Å². The van der Waals surface area contributed by atoms with Crippen molar-refractivity contribution in [1.82, 2.24) is 9.21 Å². The number of rotatable bonds is 6. The molecular weight excluding hydrogens is 364 g/mol. The van der Waals surface area contributed by atoms with Crippen LogP contribution >= 0.6 is 11.6 Å². The third-order valence-corrected chi connectivity index (χ3v) is 5.49. The molecule has 1 fully saturated rings. The molecule has 25 heavy (non-hydrogen) atoms. The van der Waals surface area contributed by atoms with Crippen molar-refractivity contribution in [2.24, 2.45) is 0 Å². The molecule has 1 aromatic rings. The van der Waals surface area contributed by atoms with Crippen molar-refractivity contribution >= 4 is 39.4 Å². The molecule has 6 nitrogen and oxygen atoms in total. The molecule has 1 aliphatic heterocycles. The highest BCUT2D eigenvalue weighted by atomic mass is 35.5. The predicted octanol–water partition coefficient (Wildman–Crippen LogP) is 1.81. The Bertz CT molecular complexity index is 769. The maximum absolute atomic E-state index is 12.1. The van der Waals surface area contributed by atoms with Crippen LogP contribution < -0.4 is 0 Å². The lowest BCUT2D eigenvalue weighted by Gasteiger charge is -2.33. The number of sulfonamides is 1. The molecule has 0 bridgehead atoms. The van der Waals surface area contributed by atoms with Crippen molar-refractivity contribution < 1.29 is 18.0 Å². The largest absolute Gasteiger partial charge is 0.340 e. The number of carbonyl (C=O) groups is 2. The molecule has 1 saturated heterocycles. The van der Waals surface area contributed by atoms with E-state index < -0.39 is 10.0 Å². The van der Waals surface area contributed by atoms with Crippen molar-refractivity contribution in [2.45, 2.75) is 12.8 Å². The third-order valence-electron chi connectivity index (χ3n) is 3.96. The van der Waals surface area contributed by atoms with E-state index in [1.54, 1.807) is 29.2 Å². The van der Waals surface area contributed by atoms with E-state index in [4.69, 9.17) is 11.6 Å². The van der Waals surface area contributed by atoms with Crippen LogP contribution in [0.15, 0.2) is 30.3 Å². The van der Waals surface area contributed by atoms with E-state index in [2.05, 4.69) is 0 Å². The van der Waals surface area contributed by atoms with Crippen molar-refractivity contribution in [1.29, 1.82) is 0 Å². The van der Waals surface area contributed by atoms with Crippen LogP contribution in [0.3, 0.4) is 0 Å². The highest BCUT2D eigenvalue weighted by Crippen LogP contribution is 2.12. The van der Waals surface area contributed by atoms with Gasteiger partial charge in [0.2, 0.25) is 15.9 Å². The van der Waals surface area contributed by atoms with E-state index in [1.807, 2.05) is 6.07 Å². The fraction of sp³-hybridized carbons (Fsp3) is 0.412. The molecule has 136 valence electrons. The normalized spacial score (nSPS) is 16.3. The number of hydrogen-bond donors (Lipinski definition) is 0. The van der Waals surface area contributed by atoms with Crippen LogP contribution in [0.4, 0.5) is 0 Å². The monoisotopic (exact) mass is 384 g/mol.